The molecule has 0 aliphatic rings. The van der Waals surface area contributed by atoms with Gasteiger partial charge in [-0.25, -0.2) is 14.0 Å². The topological polar surface area (TPSA) is 115 Å². The average Bonchev–Trinajstić information content (AvgIpc) is 3.42. The van der Waals surface area contributed by atoms with Crippen LogP contribution in [0.3, 0.4) is 0 Å². The summed E-state index contributed by atoms with van der Waals surface area (Å²) < 4.78 is 27.1. The molecule has 4 rings (SSSR count). The molecule has 2 heterocycles. The first kappa shape index (κ1) is 26.1. The van der Waals surface area contributed by atoms with E-state index in [0.717, 1.165) is 16.2 Å². The maximum Gasteiger partial charge on any atom is 0.442 e. The molecule has 2 aromatic heterocycles. The van der Waals surface area contributed by atoms with Gasteiger partial charge < -0.3 is 20.1 Å². The Hall–Kier alpha value is -3.96. The second-order valence-corrected chi connectivity index (χ2v) is 11.0. The van der Waals surface area contributed by atoms with Crippen molar-refractivity contribution in [2.45, 2.75) is 11.8 Å². The van der Waals surface area contributed by atoms with Gasteiger partial charge in [0.25, 0.3) is 0 Å². The second-order valence-electron chi connectivity index (χ2n) is 7.76. The SMILES string of the molecule is CCOC(=O)N=S(C)(=O)c1ccc(Nc2ncc(-c3cccs3)c(NCCOc3ccccc3)n2)cc1. The molecule has 0 saturated heterocycles. The van der Waals surface area contributed by atoms with Gasteiger partial charge >= 0.3 is 6.09 Å². The predicted octanol–water partition coefficient (Wildman–Crippen LogP) is 6.05. The summed E-state index contributed by atoms with van der Waals surface area (Å²) in [5.41, 5.74) is 1.58. The molecule has 0 bridgehead atoms. The van der Waals surface area contributed by atoms with E-state index >= 15 is 0 Å². The van der Waals surface area contributed by atoms with E-state index in [0.29, 0.717) is 35.5 Å². The van der Waals surface area contributed by atoms with Crippen LogP contribution in [0, 0.1) is 0 Å². The fraction of sp³-hybridized carbons (Fsp3) is 0.192. The molecule has 1 atom stereocenters. The van der Waals surface area contributed by atoms with Crippen molar-refractivity contribution in [1.29, 1.82) is 0 Å². The normalized spacial score (nSPS) is 12.3. The molecule has 192 valence electrons. The number of nitrogens with zero attached hydrogens (tertiary/aromatic N) is 3. The van der Waals surface area contributed by atoms with Crippen LogP contribution in [0.2, 0.25) is 0 Å². The third kappa shape index (κ3) is 7.28. The molecule has 11 heteroatoms. The number of rotatable bonds is 10. The van der Waals surface area contributed by atoms with E-state index in [1.54, 1.807) is 48.7 Å². The lowest BCUT2D eigenvalue weighted by Crippen LogP contribution is -2.14. The smallest absolute Gasteiger partial charge is 0.442 e. The highest BCUT2D eigenvalue weighted by Crippen LogP contribution is 2.31. The second kappa shape index (κ2) is 12.3. The van der Waals surface area contributed by atoms with Gasteiger partial charge in [-0.05, 0) is 54.8 Å². The van der Waals surface area contributed by atoms with Gasteiger partial charge in [0.1, 0.15) is 18.2 Å². The molecule has 2 aromatic carbocycles. The minimum atomic E-state index is -2.92. The summed E-state index contributed by atoms with van der Waals surface area (Å²) >= 11 is 1.61. The third-order valence-corrected chi connectivity index (χ3v) is 7.59. The van der Waals surface area contributed by atoms with Crippen LogP contribution < -0.4 is 15.4 Å². The molecule has 0 fully saturated rings. The molecule has 4 aromatic rings. The van der Waals surface area contributed by atoms with Gasteiger partial charge in [0.2, 0.25) is 5.95 Å². The Morgan fingerprint density at radius 3 is 2.57 bits per heavy atom. The molecular weight excluding hydrogens is 510 g/mol. The molecule has 0 aliphatic heterocycles. The number of amides is 1. The quantitative estimate of drug-likeness (QED) is 0.235. The first-order valence-corrected chi connectivity index (χ1v) is 14.3. The highest BCUT2D eigenvalue weighted by atomic mass is 32.2. The monoisotopic (exact) mass is 537 g/mol. The number of aromatic nitrogens is 2. The highest BCUT2D eigenvalue weighted by Gasteiger charge is 2.13. The van der Waals surface area contributed by atoms with Crippen molar-refractivity contribution in [3.05, 3.63) is 78.3 Å². The zero-order chi connectivity index (χ0) is 26.1. The Labute approximate surface area is 220 Å². The van der Waals surface area contributed by atoms with E-state index in [-0.39, 0.29) is 6.61 Å². The fourth-order valence-corrected chi connectivity index (χ4v) is 5.13. The van der Waals surface area contributed by atoms with Crippen molar-refractivity contribution in [1.82, 2.24) is 9.97 Å². The van der Waals surface area contributed by atoms with E-state index < -0.39 is 15.8 Å². The summed E-state index contributed by atoms with van der Waals surface area (Å²) in [5, 5.41) is 8.52. The lowest BCUT2D eigenvalue weighted by Gasteiger charge is -2.13. The number of nitrogens with one attached hydrogen (secondary N) is 2. The summed E-state index contributed by atoms with van der Waals surface area (Å²) in [4.78, 5) is 22.3. The van der Waals surface area contributed by atoms with Gasteiger partial charge in [0.05, 0.1) is 28.4 Å². The Morgan fingerprint density at radius 1 is 1.08 bits per heavy atom. The Kier molecular flexibility index (Phi) is 8.70. The van der Waals surface area contributed by atoms with Gasteiger partial charge in [-0.15, -0.1) is 15.7 Å². The van der Waals surface area contributed by atoms with E-state index in [1.165, 1.54) is 6.26 Å². The largest absolute Gasteiger partial charge is 0.492 e. The van der Waals surface area contributed by atoms with Crippen LogP contribution in [0.5, 0.6) is 5.75 Å². The van der Waals surface area contributed by atoms with Gasteiger partial charge in [-0.3, -0.25) is 0 Å². The molecule has 0 radical (unpaired) electrons. The number of thiophene rings is 1. The molecule has 0 aliphatic carbocycles. The number of para-hydroxylation sites is 1. The molecule has 1 amide bonds. The number of anilines is 3. The lowest BCUT2D eigenvalue weighted by atomic mass is 10.2. The molecule has 2 N–H and O–H groups in total. The van der Waals surface area contributed by atoms with Crippen molar-refractivity contribution in [3.63, 3.8) is 0 Å². The average molecular weight is 538 g/mol. The first-order chi connectivity index (χ1) is 17.9. The lowest BCUT2D eigenvalue weighted by molar-refractivity contribution is 0.164. The number of hydrogen-bond acceptors (Lipinski definition) is 9. The van der Waals surface area contributed by atoms with Gasteiger partial charge in [0.15, 0.2) is 0 Å². The van der Waals surface area contributed by atoms with Crippen LogP contribution in [0.25, 0.3) is 10.4 Å². The zero-order valence-corrected chi connectivity index (χ0v) is 22.1. The Bertz CT molecular complexity index is 1440. The van der Waals surface area contributed by atoms with Crippen molar-refractivity contribution in [2.75, 3.05) is 36.6 Å². The van der Waals surface area contributed by atoms with Crippen LogP contribution in [-0.4, -0.2) is 46.3 Å². The van der Waals surface area contributed by atoms with Crippen LogP contribution in [0.15, 0.2) is 87.6 Å². The standard InChI is InChI=1S/C26H27N5O4S2/c1-3-34-26(32)31-37(2,33)21-13-11-19(12-14-21)29-25-28-18-22(23-10-7-17-36-23)24(30-25)27-15-16-35-20-8-5-4-6-9-20/h4-14,17-18H,3,15-16H2,1-2H3,(H2,27,28,29,30). The zero-order valence-electron chi connectivity index (χ0n) is 20.4. The van der Waals surface area contributed by atoms with Crippen LogP contribution in [0.4, 0.5) is 22.2 Å². The minimum absolute atomic E-state index is 0.170. The maximum absolute atomic E-state index is 12.8. The number of hydrogen-bond donors (Lipinski definition) is 2. The fourth-order valence-electron chi connectivity index (χ4n) is 3.31. The van der Waals surface area contributed by atoms with Crippen molar-refractivity contribution >= 4 is 44.6 Å². The number of benzene rings is 2. The van der Waals surface area contributed by atoms with E-state index in [1.807, 2.05) is 47.8 Å². The summed E-state index contributed by atoms with van der Waals surface area (Å²) in [5.74, 6) is 1.88. The van der Waals surface area contributed by atoms with Crippen molar-refractivity contribution in [3.8, 4) is 16.2 Å². The molecule has 37 heavy (non-hydrogen) atoms. The summed E-state index contributed by atoms with van der Waals surface area (Å²) in [7, 11) is -2.92. The van der Waals surface area contributed by atoms with Gasteiger partial charge in [0, 0.05) is 27.9 Å². The summed E-state index contributed by atoms with van der Waals surface area (Å²) in [6.07, 6.45) is 2.33. The Balaban J connectivity index is 1.47. The molecular formula is C26H27N5O4S2. The Morgan fingerprint density at radius 2 is 1.86 bits per heavy atom. The van der Waals surface area contributed by atoms with Gasteiger partial charge in [-0.2, -0.15) is 4.98 Å². The number of carbonyl (C=O) groups excluding carboxylic acids is 1. The third-order valence-electron chi connectivity index (χ3n) is 5.05. The summed E-state index contributed by atoms with van der Waals surface area (Å²) in [6, 6.07) is 20.4. The maximum atomic E-state index is 12.8. The van der Waals surface area contributed by atoms with Gasteiger partial charge in [-0.1, -0.05) is 24.3 Å². The van der Waals surface area contributed by atoms with Crippen LogP contribution >= 0.6 is 11.3 Å². The van der Waals surface area contributed by atoms with Crippen LogP contribution in [-0.2, 0) is 14.5 Å². The molecule has 0 saturated carbocycles. The van der Waals surface area contributed by atoms with Crippen LogP contribution in [0.1, 0.15) is 6.92 Å². The first-order valence-electron chi connectivity index (χ1n) is 11.5. The molecule has 9 nitrogen and oxygen atoms in total. The van der Waals surface area contributed by atoms with E-state index in [9.17, 15) is 9.00 Å². The van der Waals surface area contributed by atoms with Crippen molar-refractivity contribution in [2.24, 2.45) is 4.36 Å². The molecule has 0 spiro atoms. The predicted molar refractivity (Wildman–Crippen MR) is 147 cm³/mol. The number of ether oxygens (including phenoxy) is 2. The minimum Gasteiger partial charge on any atom is -0.492 e. The van der Waals surface area contributed by atoms with E-state index in [4.69, 9.17) is 9.47 Å². The van der Waals surface area contributed by atoms with E-state index in [2.05, 4.69) is 25.0 Å². The summed E-state index contributed by atoms with van der Waals surface area (Å²) in [6.45, 7) is 2.85. The highest BCUT2D eigenvalue weighted by molar-refractivity contribution is 7.93. The van der Waals surface area contributed by atoms with Crippen molar-refractivity contribution < 1.29 is 18.5 Å². The number of carbonyl (C=O) groups is 1. The molecule has 1 unspecified atom stereocenters.